The molecule has 1 aromatic rings. The first-order valence-electron chi connectivity index (χ1n) is 10.3. The molecule has 146 valence electrons. The first kappa shape index (κ1) is 19.8. The number of rotatable bonds is 6. The number of anilines is 1. The van der Waals surface area contributed by atoms with Gasteiger partial charge < -0.3 is 4.90 Å². The van der Waals surface area contributed by atoms with Crippen molar-refractivity contribution < 1.29 is 4.79 Å². The smallest absolute Gasteiger partial charge is 0.225 e. The molecule has 2 bridgehead atoms. The van der Waals surface area contributed by atoms with Gasteiger partial charge in [0.25, 0.3) is 0 Å². The molecule has 2 saturated heterocycles. The molecule has 3 heterocycles. The van der Waals surface area contributed by atoms with Crippen molar-refractivity contribution in [1.29, 1.82) is 0 Å². The molecular formula is C22H32N4O. The summed E-state index contributed by atoms with van der Waals surface area (Å²) < 4.78 is 0. The lowest BCUT2D eigenvalue weighted by Crippen LogP contribution is -2.56. The molecule has 0 aliphatic carbocycles. The van der Waals surface area contributed by atoms with Gasteiger partial charge in [-0.05, 0) is 33.1 Å². The van der Waals surface area contributed by atoms with Gasteiger partial charge in [0.1, 0.15) is 5.78 Å². The number of hydrogen-bond donors (Lipinski definition) is 0. The number of fused-ring (bicyclic) bond motifs is 2. The van der Waals surface area contributed by atoms with Crippen LogP contribution in [0.15, 0.2) is 12.4 Å². The molecule has 5 nitrogen and oxygen atoms in total. The molecule has 0 aromatic carbocycles. The number of hydrogen-bond acceptors (Lipinski definition) is 5. The quantitative estimate of drug-likeness (QED) is 0.570. The highest BCUT2D eigenvalue weighted by molar-refractivity contribution is 5.80. The summed E-state index contributed by atoms with van der Waals surface area (Å²) >= 11 is 0. The fraction of sp³-hybridized carbons (Fsp3) is 0.682. The van der Waals surface area contributed by atoms with E-state index in [4.69, 9.17) is 0 Å². The minimum Gasteiger partial charge on any atom is -0.332 e. The van der Waals surface area contributed by atoms with Crippen LogP contribution in [0.5, 0.6) is 0 Å². The monoisotopic (exact) mass is 368 g/mol. The molecule has 0 radical (unpaired) electrons. The van der Waals surface area contributed by atoms with Crippen LogP contribution in [0.2, 0.25) is 0 Å². The maximum Gasteiger partial charge on any atom is 0.225 e. The van der Waals surface area contributed by atoms with Crippen molar-refractivity contribution in [3.8, 4) is 11.8 Å². The van der Waals surface area contributed by atoms with E-state index in [0.717, 1.165) is 37.4 Å². The van der Waals surface area contributed by atoms with Crippen LogP contribution in [0, 0.1) is 17.8 Å². The summed E-state index contributed by atoms with van der Waals surface area (Å²) in [7, 11) is 0. The molecule has 0 amide bonds. The van der Waals surface area contributed by atoms with Crippen LogP contribution < -0.4 is 4.90 Å². The molecule has 2 atom stereocenters. The zero-order valence-electron chi connectivity index (χ0n) is 17.1. The topological polar surface area (TPSA) is 49.3 Å². The highest BCUT2D eigenvalue weighted by Gasteiger charge is 2.41. The molecule has 27 heavy (non-hydrogen) atoms. The molecule has 2 aliphatic rings. The Morgan fingerprint density at radius 2 is 1.78 bits per heavy atom. The van der Waals surface area contributed by atoms with Gasteiger partial charge in [-0.2, -0.15) is 0 Å². The number of carbonyl (C=O) groups is 1. The Labute approximate surface area is 163 Å². The second-order valence-electron chi connectivity index (χ2n) is 8.39. The van der Waals surface area contributed by atoms with Crippen molar-refractivity contribution in [2.75, 3.05) is 18.0 Å². The van der Waals surface area contributed by atoms with Gasteiger partial charge in [-0.25, -0.2) is 9.97 Å². The number of unbranched alkanes of at least 4 members (excludes halogenated alkanes) is 1. The average molecular weight is 369 g/mol. The molecule has 3 rings (SSSR count). The van der Waals surface area contributed by atoms with Gasteiger partial charge in [0.2, 0.25) is 5.95 Å². The lowest BCUT2D eigenvalue weighted by molar-refractivity contribution is -0.121. The molecule has 2 aliphatic heterocycles. The second-order valence-corrected chi connectivity index (χ2v) is 8.39. The maximum absolute atomic E-state index is 11.6. The Kier molecular flexibility index (Phi) is 6.49. The molecule has 2 unspecified atom stereocenters. The van der Waals surface area contributed by atoms with Crippen molar-refractivity contribution in [2.24, 2.45) is 5.92 Å². The molecule has 0 N–H and O–H groups in total. The van der Waals surface area contributed by atoms with Crippen molar-refractivity contribution >= 4 is 11.7 Å². The molecule has 0 saturated carbocycles. The van der Waals surface area contributed by atoms with E-state index in [1.54, 1.807) is 0 Å². The first-order valence-corrected chi connectivity index (χ1v) is 10.3. The third kappa shape index (κ3) is 4.87. The zero-order chi connectivity index (χ0) is 19.4. The van der Waals surface area contributed by atoms with Crippen LogP contribution in [0.1, 0.15) is 65.4 Å². The number of Topliss-reactive ketones (excluding diaryl/α,β-unsaturated/α-hetero) is 1. The van der Waals surface area contributed by atoms with Crippen LogP contribution >= 0.6 is 0 Å². The largest absolute Gasteiger partial charge is 0.332 e. The minimum absolute atomic E-state index is 0.122. The van der Waals surface area contributed by atoms with Crippen LogP contribution in [0.25, 0.3) is 0 Å². The fourth-order valence-electron chi connectivity index (χ4n) is 4.01. The summed E-state index contributed by atoms with van der Waals surface area (Å²) in [5.74, 6) is 7.55. The van der Waals surface area contributed by atoms with E-state index in [1.165, 1.54) is 12.8 Å². The summed E-state index contributed by atoms with van der Waals surface area (Å²) in [5.41, 5.74) is 0.849. The summed E-state index contributed by atoms with van der Waals surface area (Å²) in [5, 5.41) is 0. The average Bonchev–Trinajstić information content (AvgIpc) is 2.90. The predicted octanol–water partition coefficient (Wildman–Crippen LogP) is 3.28. The van der Waals surface area contributed by atoms with E-state index in [-0.39, 0.29) is 5.92 Å². The van der Waals surface area contributed by atoms with Gasteiger partial charge in [-0.1, -0.05) is 25.7 Å². The lowest BCUT2D eigenvalue weighted by atomic mass is 10.0. The third-order valence-electron chi connectivity index (χ3n) is 5.71. The van der Waals surface area contributed by atoms with Crippen molar-refractivity contribution in [1.82, 2.24) is 14.9 Å². The predicted molar refractivity (Wildman–Crippen MR) is 109 cm³/mol. The Morgan fingerprint density at radius 1 is 1.15 bits per heavy atom. The van der Waals surface area contributed by atoms with Crippen molar-refractivity contribution in [3.05, 3.63) is 18.0 Å². The highest BCUT2D eigenvalue weighted by atomic mass is 16.1. The number of carbonyl (C=O) groups excluding carboxylic acids is 1. The molecular weight excluding hydrogens is 336 g/mol. The number of ketones is 1. The summed E-state index contributed by atoms with van der Waals surface area (Å²) in [6.07, 6.45) is 8.31. The molecule has 0 spiro atoms. The van der Waals surface area contributed by atoms with Gasteiger partial charge in [-0.3, -0.25) is 9.69 Å². The van der Waals surface area contributed by atoms with Crippen molar-refractivity contribution in [2.45, 2.75) is 77.9 Å². The standard InChI is InChI=1S/C22H32N4O/c1-16(2)21(27)9-7-5-6-8-18-12-23-22(24-13-18)26-19-10-11-20(26)15-25(14-19)17(3)4/h12-13,16-17,19-20H,5,7,9-11,14-15H2,1-4H3. The highest BCUT2D eigenvalue weighted by Crippen LogP contribution is 2.33. The molecule has 2 fully saturated rings. The van der Waals surface area contributed by atoms with E-state index in [1.807, 2.05) is 26.2 Å². The van der Waals surface area contributed by atoms with E-state index in [2.05, 4.69) is 45.5 Å². The summed E-state index contributed by atoms with van der Waals surface area (Å²) in [6, 6.07) is 1.66. The summed E-state index contributed by atoms with van der Waals surface area (Å²) in [6.45, 7) is 10.7. The summed E-state index contributed by atoms with van der Waals surface area (Å²) in [4.78, 5) is 25.8. The van der Waals surface area contributed by atoms with Gasteiger partial charge in [0.15, 0.2) is 0 Å². The van der Waals surface area contributed by atoms with Crippen molar-refractivity contribution in [3.63, 3.8) is 0 Å². The molecule has 5 heteroatoms. The van der Waals surface area contributed by atoms with E-state index in [0.29, 0.717) is 30.3 Å². The van der Waals surface area contributed by atoms with Crippen LogP contribution in [0.4, 0.5) is 5.95 Å². The first-order chi connectivity index (χ1) is 13.0. The minimum atomic E-state index is 0.122. The number of nitrogens with zero attached hydrogens (tertiary/aromatic N) is 4. The van der Waals surface area contributed by atoms with E-state index >= 15 is 0 Å². The number of piperazine rings is 1. The molecule has 1 aromatic heterocycles. The van der Waals surface area contributed by atoms with Crippen LogP contribution in [-0.2, 0) is 4.79 Å². The van der Waals surface area contributed by atoms with Gasteiger partial charge in [0, 0.05) is 62.4 Å². The van der Waals surface area contributed by atoms with Gasteiger partial charge >= 0.3 is 0 Å². The maximum atomic E-state index is 11.6. The van der Waals surface area contributed by atoms with E-state index < -0.39 is 0 Å². The zero-order valence-corrected chi connectivity index (χ0v) is 17.1. The third-order valence-corrected chi connectivity index (χ3v) is 5.71. The number of aromatic nitrogens is 2. The lowest BCUT2D eigenvalue weighted by Gasteiger charge is -2.42. The Bertz CT molecular complexity index is 687. The Morgan fingerprint density at radius 3 is 2.33 bits per heavy atom. The Hall–Kier alpha value is -1.93. The van der Waals surface area contributed by atoms with E-state index in [9.17, 15) is 4.79 Å². The van der Waals surface area contributed by atoms with Crippen LogP contribution in [-0.4, -0.2) is 51.9 Å². The Balaban J connectivity index is 1.54. The SMILES string of the molecule is CC(C)C(=O)CCCC#Cc1cnc(N2C3CCC2CN(C(C)C)C3)nc1. The van der Waals surface area contributed by atoms with Gasteiger partial charge in [0.05, 0.1) is 5.56 Å². The van der Waals surface area contributed by atoms with Gasteiger partial charge in [-0.15, -0.1) is 0 Å². The normalized spacial score (nSPS) is 22.2. The van der Waals surface area contributed by atoms with Crippen LogP contribution in [0.3, 0.4) is 0 Å². The second kappa shape index (κ2) is 8.84. The fourth-order valence-corrected chi connectivity index (χ4v) is 4.01. The number of likely N-dealkylation sites (tertiary alicyclic amines) is 1.